The lowest BCUT2D eigenvalue weighted by molar-refractivity contribution is -0.117. The second-order valence-electron chi connectivity index (χ2n) is 5.02. The van der Waals surface area contributed by atoms with E-state index in [0.29, 0.717) is 17.7 Å². The Hall–Kier alpha value is -0.370. The van der Waals surface area contributed by atoms with Gasteiger partial charge in [0, 0.05) is 19.5 Å². The van der Waals surface area contributed by atoms with Crippen LogP contribution in [0.15, 0.2) is 0 Å². The lowest BCUT2D eigenvalue weighted by atomic mass is 9.92. The van der Waals surface area contributed by atoms with Crippen LogP contribution in [0.2, 0.25) is 0 Å². The predicted molar refractivity (Wildman–Crippen MR) is 52.6 cm³/mol. The average molecular weight is 181 g/mol. The Kier molecular flexibility index (Phi) is 2.18. The van der Waals surface area contributed by atoms with Crippen molar-refractivity contribution in [2.75, 3.05) is 19.6 Å². The first kappa shape index (κ1) is 9.20. The maximum atomic E-state index is 11.1. The molecule has 2 aliphatic rings. The van der Waals surface area contributed by atoms with Crippen molar-refractivity contribution in [2.24, 2.45) is 11.3 Å². The van der Waals surface area contributed by atoms with Crippen LogP contribution in [-0.2, 0) is 4.79 Å². The molecule has 2 heteroatoms. The predicted octanol–water partition coefficient (Wildman–Crippen LogP) is 1.70. The SMILES string of the molecule is CC(C)C1(CN2CCC(=O)C2)CC1. The summed E-state index contributed by atoms with van der Waals surface area (Å²) in [4.78, 5) is 13.4. The first-order chi connectivity index (χ1) is 6.12. The Morgan fingerprint density at radius 3 is 2.54 bits per heavy atom. The zero-order valence-corrected chi connectivity index (χ0v) is 8.68. The largest absolute Gasteiger partial charge is 0.298 e. The summed E-state index contributed by atoms with van der Waals surface area (Å²) >= 11 is 0. The highest BCUT2D eigenvalue weighted by molar-refractivity contribution is 5.82. The van der Waals surface area contributed by atoms with Crippen LogP contribution < -0.4 is 0 Å². The van der Waals surface area contributed by atoms with Crippen LogP contribution in [0, 0.1) is 11.3 Å². The maximum Gasteiger partial charge on any atom is 0.148 e. The molecule has 13 heavy (non-hydrogen) atoms. The van der Waals surface area contributed by atoms with E-state index in [1.54, 1.807) is 0 Å². The van der Waals surface area contributed by atoms with Gasteiger partial charge in [0.2, 0.25) is 0 Å². The van der Waals surface area contributed by atoms with E-state index >= 15 is 0 Å². The summed E-state index contributed by atoms with van der Waals surface area (Å²) in [7, 11) is 0. The molecule has 0 atom stereocenters. The van der Waals surface area contributed by atoms with E-state index < -0.39 is 0 Å². The highest BCUT2D eigenvalue weighted by Crippen LogP contribution is 2.52. The molecule has 0 amide bonds. The molecule has 0 radical (unpaired) electrons. The fourth-order valence-corrected chi connectivity index (χ4v) is 2.35. The van der Waals surface area contributed by atoms with Crippen molar-refractivity contribution in [2.45, 2.75) is 33.1 Å². The van der Waals surface area contributed by atoms with E-state index in [-0.39, 0.29) is 0 Å². The number of carbonyl (C=O) groups is 1. The Balaban J connectivity index is 1.88. The number of carbonyl (C=O) groups excluding carboxylic acids is 1. The Morgan fingerprint density at radius 1 is 1.46 bits per heavy atom. The van der Waals surface area contributed by atoms with E-state index in [4.69, 9.17) is 0 Å². The van der Waals surface area contributed by atoms with Crippen LogP contribution in [0.1, 0.15) is 33.1 Å². The van der Waals surface area contributed by atoms with Crippen LogP contribution in [0.3, 0.4) is 0 Å². The molecule has 0 aromatic rings. The van der Waals surface area contributed by atoms with Gasteiger partial charge in [0.1, 0.15) is 5.78 Å². The molecule has 1 heterocycles. The van der Waals surface area contributed by atoms with E-state index in [9.17, 15) is 4.79 Å². The molecule has 0 aromatic heterocycles. The molecule has 1 aliphatic heterocycles. The van der Waals surface area contributed by atoms with Gasteiger partial charge in [-0.15, -0.1) is 0 Å². The molecule has 1 saturated heterocycles. The van der Waals surface area contributed by atoms with Gasteiger partial charge in [-0.05, 0) is 24.2 Å². The Bertz CT molecular complexity index is 218. The normalized spacial score (nSPS) is 27.2. The molecule has 0 N–H and O–H groups in total. The molecule has 0 aromatic carbocycles. The second kappa shape index (κ2) is 3.09. The van der Waals surface area contributed by atoms with Crippen molar-refractivity contribution in [3.8, 4) is 0 Å². The van der Waals surface area contributed by atoms with Gasteiger partial charge in [-0.3, -0.25) is 9.69 Å². The summed E-state index contributed by atoms with van der Waals surface area (Å²) in [5.74, 6) is 1.21. The molecular weight excluding hydrogens is 162 g/mol. The third kappa shape index (κ3) is 1.78. The van der Waals surface area contributed by atoms with Crippen LogP contribution in [0.5, 0.6) is 0 Å². The standard InChI is InChI=1S/C11H19NO/c1-9(2)11(4-5-11)8-12-6-3-10(13)7-12/h9H,3-8H2,1-2H3. The summed E-state index contributed by atoms with van der Waals surface area (Å²) in [5, 5.41) is 0. The van der Waals surface area contributed by atoms with Gasteiger partial charge in [-0.1, -0.05) is 13.8 Å². The quantitative estimate of drug-likeness (QED) is 0.660. The van der Waals surface area contributed by atoms with E-state index in [1.165, 1.54) is 12.8 Å². The number of Topliss-reactive ketones (excluding diaryl/α,β-unsaturated/α-hetero) is 1. The molecule has 2 nitrogen and oxygen atoms in total. The molecule has 0 spiro atoms. The summed E-state index contributed by atoms with van der Waals surface area (Å²) in [6.07, 6.45) is 3.53. The van der Waals surface area contributed by atoms with Crippen molar-refractivity contribution in [1.82, 2.24) is 4.90 Å². The number of hydrogen-bond donors (Lipinski definition) is 0. The zero-order valence-electron chi connectivity index (χ0n) is 8.68. The topological polar surface area (TPSA) is 20.3 Å². The molecule has 0 bridgehead atoms. The highest BCUT2D eigenvalue weighted by atomic mass is 16.1. The molecular formula is C11H19NO. The first-order valence-electron chi connectivity index (χ1n) is 5.36. The second-order valence-corrected chi connectivity index (χ2v) is 5.02. The van der Waals surface area contributed by atoms with E-state index in [2.05, 4.69) is 18.7 Å². The van der Waals surface area contributed by atoms with Gasteiger partial charge in [0.05, 0.1) is 6.54 Å². The number of rotatable bonds is 3. The summed E-state index contributed by atoms with van der Waals surface area (Å²) in [6.45, 7) is 7.51. The van der Waals surface area contributed by atoms with E-state index in [0.717, 1.165) is 25.4 Å². The van der Waals surface area contributed by atoms with Gasteiger partial charge in [-0.2, -0.15) is 0 Å². The van der Waals surface area contributed by atoms with Gasteiger partial charge >= 0.3 is 0 Å². The number of nitrogens with zero attached hydrogens (tertiary/aromatic N) is 1. The molecule has 74 valence electrons. The molecule has 2 rings (SSSR count). The van der Waals surface area contributed by atoms with Crippen molar-refractivity contribution in [3.63, 3.8) is 0 Å². The molecule has 1 aliphatic carbocycles. The number of ketones is 1. The van der Waals surface area contributed by atoms with Crippen molar-refractivity contribution >= 4 is 5.78 Å². The fourth-order valence-electron chi connectivity index (χ4n) is 2.35. The average Bonchev–Trinajstić information content (AvgIpc) is 2.72. The number of hydrogen-bond acceptors (Lipinski definition) is 2. The maximum absolute atomic E-state index is 11.1. The van der Waals surface area contributed by atoms with Crippen molar-refractivity contribution in [3.05, 3.63) is 0 Å². The van der Waals surface area contributed by atoms with Crippen LogP contribution in [0.4, 0.5) is 0 Å². The van der Waals surface area contributed by atoms with Gasteiger partial charge < -0.3 is 0 Å². The number of likely N-dealkylation sites (tertiary alicyclic amines) is 1. The fraction of sp³-hybridized carbons (Fsp3) is 0.909. The van der Waals surface area contributed by atoms with Crippen molar-refractivity contribution < 1.29 is 4.79 Å². The third-order valence-electron chi connectivity index (χ3n) is 3.76. The minimum absolute atomic E-state index is 0.430. The summed E-state index contributed by atoms with van der Waals surface area (Å²) < 4.78 is 0. The Labute approximate surface area is 80.3 Å². The lowest BCUT2D eigenvalue weighted by Gasteiger charge is -2.25. The minimum Gasteiger partial charge on any atom is -0.298 e. The Morgan fingerprint density at radius 2 is 2.15 bits per heavy atom. The van der Waals surface area contributed by atoms with Crippen LogP contribution in [-0.4, -0.2) is 30.3 Å². The molecule has 2 fully saturated rings. The van der Waals surface area contributed by atoms with E-state index in [1.807, 2.05) is 0 Å². The molecule has 0 unspecified atom stereocenters. The first-order valence-corrected chi connectivity index (χ1v) is 5.36. The third-order valence-corrected chi connectivity index (χ3v) is 3.76. The van der Waals surface area contributed by atoms with Crippen LogP contribution >= 0.6 is 0 Å². The lowest BCUT2D eigenvalue weighted by Crippen LogP contribution is -2.31. The molecule has 1 saturated carbocycles. The van der Waals surface area contributed by atoms with Gasteiger partial charge in [0.25, 0.3) is 0 Å². The van der Waals surface area contributed by atoms with Gasteiger partial charge in [-0.25, -0.2) is 0 Å². The monoisotopic (exact) mass is 181 g/mol. The highest BCUT2D eigenvalue weighted by Gasteiger charge is 2.46. The summed E-state index contributed by atoms with van der Waals surface area (Å²) in [5.41, 5.74) is 0.574. The van der Waals surface area contributed by atoms with Crippen LogP contribution in [0.25, 0.3) is 0 Å². The smallest absolute Gasteiger partial charge is 0.148 e. The summed E-state index contributed by atoms with van der Waals surface area (Å²) in [6, 6.07) is 0. The zero-order chi connectivity index (χ0) is 9.47. The minimum atomic E-state index is 0.430. The van der Waals surface area contributed by atoms with Crippen molar-refractivity contribution in [1.29, 1.82) is 0 Å². The van der Waals surface area contributed by atoms with Gasteiger partial charge in [0.15, 0.2) is 0 Å².